The molecule has 0 N–H and O–H groups in total. The average molecular weight is 727 g/mol. The van der Waals surface area contributed by atoms with Gasteiger partial charge in [-0.15, -0.1) is 0 Å². The van der Waals surface area contributed by atoms with Gasteiger partial charge in [0.1, 0.15) is 0 Å². The molecule has 1 heterocycles. The van der Waals surface area contributed by atoms with Gasteiger partial charge in [0.05, 0.1) is 11.4 Å². The highest BCUT2D eigenvalue weighted by molar-refractivity contribution is 6.07. The molecular formula is C55H38N2. The lowest BCUT2D eigenvalue weighted by atomic mass is 9.81. The summed E-state index contributed by atoms with van der Waals surface area (Å²) in [7, 11) is 0. The predicted octanol–water partition coefficient (Wildman–Crippen LogP) is 14.6. The Morgan fingerprint density at radius 1 is 0.333 bits per heavy atom. The Balaban J connectivity index is 1.08. The lowest BCUT2D eigenvalue weighted by Crippen LogP contribution is -2.14. The number of fused-ring (bicyclic) bond motifs is 7. The molecule has 268 valence electrons. The fourth-order valence-electron chi connectivity index (χ4n) is 9.20. The van der Waals surface area contributed by atoms with Crippen LogP contribution in [0, 0.1) is 0 Å². The van der Waals surface area contributed by atoms with Crippen molar-refractivity contribution >= 4 is 32.3 Å². The highest BCUT2D eigenvalue weighted by atomic mass is 14.9. The number of hydrogen-bond acceptors (Lipinski definition) is 2. The second kappa shape index (κ2) is 13.0. The predicted molar refractivity (Wildman–Crippen MR) is 239 cm³/mol. The van der Waals surface area contributed by atoms with E-state index in [0.717, 1.165) is 33.5 Å². The molecule has 2 nitrogen and oxygen atoms in total. The molecule has 10 aromatic rings. The normalized spacial score (nSPS) is 12.9. The standard InChI is InChI=1S/C55H38N2/c1-55(2)49-31-28-40(33-48(49)53-43-19-9-7-16-38(43)27-32-50(53)55)42-29-30-47(45-21-11-10-20-44(42)45)54-56-51(39-25-23-36(24-26-39)35-13-4-3-5-14-35)34-52(57-54)46-22-12-17-37-15-6-8-18-41(37)46/h3-34H,1-2H3. The molecule has 0 saturated heterocycles. The number of nitrogens with zero attached hydrogens (tertiary/aromatic N) is 2. The second-order valence-electron chi connectivity index (χ2n) is 15.7. The topological polar surface area (TPSA) is 25.8 Å². The molecule has 0 amide bonds. The quantitative estimate of drug-likeness (QED) is 0.176. The van der Waals surface area contributed by atoms with Crippen LogP contribution < -0.4 is 0 Å². The summed E-state index contributed by atoms with van der Waals surface area (Å²) in [5.74, 6) is 0.710. The van der Waals surface area contributed by atoms with Gasteiger partial charge in [0.25, 0.3) is 0 Å². The fraction of sp³-hybridized carbons (Fsp3) is 0.0545. The van der Waals surface area contributed by atoms with Crippen LogP contribution in [0.5, 0.6) is 0 Å². The van der Waals surface area contributed by atoms with Crippen molar-refractivity contribution < 1.29 is 0 Å². The van der Waals surface area contributed by atoms with Crippen LogP contribution in [0.15, 0.2) is 194 Å². The molecule has 1 aliphatic rings. The summed E-state index contributed by atoms with van der Waals surface area (Å²) in [6.07, 6.45) is 0. The van der Waals surface area contributed by atoms with Gasteiger partial charge < -0.3 is 0 Å². The molecule has 0 radical (unpaired) electrons. The zero-order valence-electron chi connectivity index (χ0n) is 31.9. The number of rotatable bonds is 5. The third-order valence-electron chi connectivity index (χ3n) is 12.1. The number of aromatic nitrogens is 2. The van der Waals surface area contributed by atoms with E-state index in [2.05, 4.69) is 208 Å². The van der Waals surface area contributed by atoms with Crippen molar-refractivity contribution in [2.75, 3.05) is 0 Å². The van der Waals surface area contributed by atoms with Crippen molar-refractivity contribution in [1.82, 2.24) is 9.97 Å². The minimum absolute atomic E-state index is 0.0782. The first-order chi connectivity index (χ1) is 28.0. The molecule has 0 atom stereocenters. The molecular weight excluding hydrogens is 689 g/mol. The van der Waals surface area contributed by atoms with Gasteiger partial charge in [-0.25, -0.2) is 9.97 Å². The lowest BCUT2D eigenvalue weighted by molar-refractivity contribution is 0.661. The Morgan fingerprint density at radius 3 is 1.68 bits per heavy atom. The Morgan fingerprint density at radius 2 is 0.895 bits per heavy atom. The molecule has 0 spiro atoms. The van der Waals surface area contributed by atoms with Crippen LogP contribution in [0.1, 0.15) is 25.0 Å². The monoisotopic (exact) mass is 726 g/mol. The summed E-state index contributed by atoms with van der Waals surface area (Å²) >= 11 is 0. The number of benzene rings is 9. The van der Waals surface area contributed by atoms with Crippen LogP contribution in [0.3, 0.4) is 0 Å². The van der Waals surface area contributed by atoms with Crippen molar-refractivity contribution in [3.63, 3.8) is 0 Å². The Kier molecular flexibility index (Phi) is 7.55. The summed E-state index contributed by atoms with van der Waals surface area (Å²) < 4.78 is 0. The first-order valence-corrected chi connectivity index (χ1v) is 19.7. The van der Waals surface area contributed by atoms with Gasteiger partial charge >= 0.3 is 0 Å². The summed E-state index contributed by atoms with van der Waals surface area (Å²) in [5.41, 5.74) is 15.1. The van der Waals surface area contributed by atoms with E-state index in [0.29, 0.717) is 5.82 Å². The summed E-state index contributed by atoms with van der Waals surface area (Å²) in [6.45, 7) is 4.71. The van der Waals surface area contributed by atoms with Crippen molar-refractivity contribution in [1.29, 1.82) is 0 Å². The van der Waals surface area contributed by atoms with Crippen LogP contribution >= 0.6 is 0 Å². The largest absolute Gasteiger partial charge is 0.228 e. The Labute approximate surface area is 332 Å². The molecule has 0 fully saturated rings. The van der Waals surface area contributed by atoms with Gasteiger partial charge in [0.15, 0.2) is 5.82 Å². The van der Waals surface area contributed by atoms with Crippen LogP contribution in [0.2, 0.25) is 0 Å². The van der Waals surface area contributed by atoms with Crippen molar-refractivity contribution in [3.05, 3.63) is 205 Å². The second-order valence-corrected chi connectivity index (χ2v) is 15.7. The molecule has 9 aromatic carbocycles. The van der Waals surface area contributed by atoms with E-state index in [9.17, 15) is 0 Å². The Hall–Kier alpha value is -7.16. The van der Waals surface area contributed by atoms with Crippen LogP contribution in [-0.4, -0.2) is 9.97 Å². The van der Waals surface area contributed by atoms with E-state index >= 15 is 0 Å². The molecule has 0 saturated carbocycles. The highest BCUT2D eigenvalue weighted by Gasteiger charge is 2.36. The van der Waals surface area contributed by atoms with Gasteiger partial charge in [-0.05, 0) is 95.0 Å². The van der Waals surface area contributed by atoms with E-state index in [1.807, 2.05) is 0 Å². The van der Waals surface area contributed by atoms with E-state index in [1.165, 1.54) is 71.4 Å². The maximum atomic E-state index is 5.37. The van der Waals surface area contributed by atoms with E-state index < -0.39 is 0 Å². The SMILES string of the molecule is CC1(C)c2ccc(-c3ccc(-c4nc(-c5ccc(-c6ccccc6)cc5)cc(-c5cccc6ccccc56)n4)c4ccccc34)cc2-c2c1ccc1ccccc21. The average Bonchev–Trinajstić information content (AvgIpc) is 3.51. The smallest absolute Gasteiger partial charge is 0.161 e. The van der Waals surface area contributed by atoms with E-state index in [4.69, 9.17) is 9.97 Å². The molecule has 1 aliphatic carbocycles. The van der Waals surface area contributed by atoms with Crippen molar-refractivity contribution in [3.8, 4) is 67.3 Å². The van der Waals surface area contributed by atoms with Gasteiger partial charge in [0, 0.05) is 22.1 Å². The maximum absolute atomic E-state index is 5.37. The van der Waals surface area contributed by atoms with Gasteiger partial charge in [0.2, 0.25) is 0 Å². The summed E-state index contributed by atoms with van der Waals surface area (Å²) in [4.78, 5) is 10.7. The molecule has 2 heteroatoms. The van der Waals surface area contributed by atoms with Gasteiger partial charge in [-0.1, -0.05) is 190 Å². The zero-order valence-corrected chi connectivity index (χ0v) is 31.9. The summed E-state index contributed by atoms with van der Waals surface area (Å²) in [6, 6.07) is 70.1. The highest BCUT2D eigenvalue weighted by Crippen LogP contribution is 2.52. The van der Waals surface area contributed by atoms with E-state index in [-0.39, 0.29) is 5.41 Å². The molecule has 11 rings (SSSR count). The van der Waals surface area contributed by atoms with E-state index in [1.54, 1.807) is 0 Å². The van der Waals surface area contributed by atoms with Crippen LogP contribution in [-0.2, 0) is 5.41 Å². The molecule has 0 unspecified atom stereocenters. The van der Waals surface area contributed by atoms with Gasteiger partial charge in [-0.3, -0.25) is 0 Å². The minimum atomic E-state index is -0.0782. The molecule has 0 bridgehead atoms. The first kappa shape index (κ1) is 33.2. The molecule has 57 heavy (non-hydrogen) atoms. The third kappa shape index (κ3) is 5.40. The van der Waals surface area contributed by atoms with Crippen LogP contribution in [0.4, 0.5) is 0 Å². The minimum Gasteiger partial charge on any atom is -0.228 e. The zero-order chi connectivity index (χ0) is 38.1. The van der Waals surface area contributed by atoms with Crippen molar-refractivity contribution in [2.24, 2.45) is 0 Å². The molecule has 0 aliphatic heterocycles. The first-order valence-electron chi connectivity index (χ1n) is 19.7. The maximum Gasteiger partial charge on any atom is 0.161 e. The molecule has 1 aromatic heterocycles. The number of hydrogen-bond donors (Lipinski definition) is 0. The van der Waals surface area contributed by atoms with Gasteiger partial charge in [-0.2, -0.15) is 0 Å². The lowest BCUT2D eigenvalue weighted by Gasteiger charge is -2.21. The summed E-state index contributed by atoms with van der Waals surface area (Å²) in [5, 5.41) is 7.25. The van der Waals surface area contributed by atoms with Crippen LogP contribution in [0.25, 0.3) is 99.6 Å². The van der Waals surface area contributed by atoms with Crippen molar-refractivity contribution in [2.45, 2.75) is 19.3 Å². The third-order valence-corrected chi connectivity index (χ3v) is 12.1. The fourth-order valence-corrected chi connectivity index (χ4v) is 9.20. The Bertz CT molecular complexity index is 3190.